The highest BCUT2D eigenvalue weighted by Gasteiger charge is 2.20. The number of nitrogens with zero attached hydrogens (tertiary/aromatic N) is 4. The Balaban J connectivity index is 1.04. The summed E-state index contributed by atoms with van der Waals surface area (Å²) in [4.78, 5) is 15.5. The maximum atomic E-state index is 6.44. The van der Waals surface area contributed by atoms with E-state index >= 15 is 0 Å². The molecule has 0 unspecified atom stereocenters. The number of hydrogen-bond acceptors (Lipinski definition) is 4. The predicted octanol–water partition coefficient (Wildman–Crippen LogP) is 14.5. The third kappa shape index (κ3) is 6.32. The highest BCUT2D eigenvalue weighted by atomic mass is 16.3. The maximum absolute atomic E-state index is 6.44. The van der Waals surface area contributed by atoms with Crippen LogP contribution < -0.4 is 0 Å². The summed E-state index contributed by atoms with van der Waals surface area (Å²) in [6, 6.07) is 66.3. The minimum Gasteiger partial charge on any atom is -0.456 e. The van der Waals surface area contributed by atoms with Crippen LogP contribution in [0.5, 0.6) is 0 Å². The fourth-order valence-electron chi connectivity index (χ4n) is 8.60. The van der Waals surface area contributed by atoms with Crippen molar-refractivity contribution in [2.45, 2.75) is 26.2 Å². The van der Waals surface area contributed by atoms with Gasteiger partial charge in [0.2, 0.25) is 5.95 Å². The van der Waals surface area contributed by atoms with Crippen molar-refractivity contribution in [2.24, 2.45) is 0 Å². The number of rotatable bonds is 9. The standard InChI is InChI=1S/C55H40N4O/c1-2-3-13-36-22-24-38(25-23-36)39-26-28-41(29-27-39)54-56-53(40-16-8-5-9-17-40)57-55(58-54)59-48-20-11-10-18-45(48)46-35-43(30-32-49(46)59)44-19-12-21-51-52(44)47-34-42(31-33-50(47)60-51)37-14-6-4-7-15-37/h4-12,14-35H,2-3,13H2,1H3. The van der Waals surface area contributed by atoms with Crippen LogP contribution in [-0.2, 0) is 6.42 Å². The second-order valence-corrected chi connectivity index (χ2v) is 15.5. The molecule has 0 aliphatic heterocycles. The number of aryl methyl sites for hydroxylation is 1. The van der Waals surface area contributed by atoms with Crippen LogP contribution >= 0.6 is 0 Å². The molecule has 5 nitrogen and oxygen atoms in total. The largest absolute Gasteiger partial charge is 0.456 e. The van der Waals surface area contributed by atoms with Crippen LogP contribution in [0.2, 0.25) is 0 Å². The van der Waals surface area contributed by atoms with E-state index in [4.69, 9.17) is 19.4 Å². The van der Waals surface area contributed by atoms with E-state index in [1.807, 2.05) is 18.2 Å². The summed E-state index contributed by atoms with van der Waals surface area (Å²) in [7, 11) is 0. The first-order valence-corrected chi connectivity index (χ1v) is 20.7. The summed E-state index contributed by atoms with van der Waals surface area (Å²) in [5.41, 5.74) is 14.0. The summed E-state index contributed by atoms with van der Waals surface area (Å²) in [5.74, 6) is 1.82. The smallest absolute Gasteiger partial charge is 0.238 e. The van der Waals surface area contributed by atoms with Gasteiger partial charge in [-0.3, -0.25) is 4.57 Å². The van der Waals surface area contributed by atoms with Crippen LogP contribution in [0.3, 0.4) is 0 Å². The first-order valence-electron chi connectivity index (χ1n) is 20.7. The molecule has 60 heavy (non-hydrogen) atoms. The average Bonchev–Trinajstić information content (AvgIpc) is 3.87. The monoisotopic (exact) mass is 772 g/mol. The van der Waals surface area contributed by atoms with Gasteiger partial charge in [0.05, 0.1) is 11.0 Å². The van der Waals surface area contributed by atoms with Crippen molar-refractivity contribution in [3.63, 3.8) is 0 Å². The number of unbranched alkanes of at least 4 members (excludes halogenated alkanes) is 1. The lowest BCUT2D eigenvalue weighted by molar-refractivity contribution is 0.669. The number of para-hydroxylation sites is 1. The van der Waals surface area contributed by atoms with Crippen molar-refractivity contribution in [1.82, 2.24) is 19.5 Å². The second kappa shape index (κ2) is 14.9. The Labute approximate surface area is 348 Å². The summed E-state index contributed by atoms with van der Waals surface area (Å²) in [6.45, 7) is 2.24. The Morgan fingerprint density at radius 3 is 1.77 bits per heavy atom. The van der Waals surface area contributed by atoms with Gasteiger partial charge in [-0.2, -0.15) is 9.97 Å². The van der Waals surface area contributed by atoms with Crippen molar-refractivity contribution in [3.8, 4) is 62.1 Å². The molecule has 0 amide bonds. The van der Waals surface area contributed by atoms with Gasteiger partial charge in [0, 0.05) is 32.7 Å². The van der Waals surface area contributed by atoms with Gasteiger partial charge in [-0.25, -0.2) is 4.98 Å². The lowest BCUT2D eigenvalue weighted by Gasteiger charge is -2.11. The van der Waals surface area contributed by atoms with Crippen LogP contribution in [0.15, 0.2) is 192 Å². The first kappa shape index (κ1) is 35.5. The quantitative estimate of drug-likeness (QED) is 0.147. The molecule has 8 aromatic carbocycles. The van der Waals surface area contributed by atoms with E-state index in [0.717, 1.165) is 83.5 Å². The molecule has 11 rings (SSSR count). The number of hydrogen-bond donors (Lipinski definition) is 0. The van der Waals surface area contributed by atoms with Crippen LogP contribution in [0.4, 0.5) is 0 Å². The van der Waals surface area contributed by atoms with E-state index in [1.54, 1.807) is 0 Å². The van der Waals surface area contributed by atoms with Gasteiger partial charge in [0.25, 0.3) is 0 Å². The highest BCUT2D eigenvalue weighted by Crippen LogP contribution is 2.41. The molecule has 0 N–H and O–H groups in total. The topological polar surface area (TPSA) is 56.7 Å². The Kier molecular flexibility index (Phi) is 8.85. The average molecular weight is 773 g/mol. The van der Waals surface area contributed by atoms with Gasteiger partial charge >= 0.3 is 0 Å². The molecular formula is C55H40N4O. The number of furan rings is 1. The second-order valence-electron chi connectivity index (χ2n) is 15.5. The van der Waals surface area contributed by atoms with Gasteiger partial charge in [0.1, 0.15) is 11.2 Å². The lowest BCUT2D eigenvalue weighted by atomic mass is 9.96. The van der Waals surface area contributed by atoms with Crippen LogP contribution in [0.25, 0.3) is 106 Å². The van der Waals surface area contributed by atoms with Crippen LogP contribution in [-0.4, -0.2) is 19.5 Å². The number of fused-ring (bicyclic) bond motifs is 6. The first-order chi connectivity index (χ1) is 29.7. The number of benzene rings is 8. The fraction of sp³-hybridized carbons (Fsp3) is 0.0727. The lowest BCUT2D eigenvalue weighted by Crippen LogP contribution is -2.06. The van der Waals surface area contributed by atoms with Gasteiger partial charge in [-0.05, 0) is 88.2 Å². The third-order valence-electron chi connectivity index (χ3n) is 11.7. The molecule has 0 saturated heterocycles. The SMILES string of the molecule is CCCCc1ccc(-c2ccc(-c3nc(-c4ccccc4)nc(-n4c5ccccc5c5cc(-c6cccc7oc8ccc(-c9ccccc9)cc8c67)ccc54)n3)cc2)cc1. The Morgan fingerprint density at radius 2 is 1.02 bits per heavy atom. The molecule has 5 heteroatoms. The molecule has 0 saturated carbocycles. The molecule has 0 radical (unpaired) electrons. The summed E-state index contributed by atoms with van der Waals surface area (Å²) >= 11 is 0. The molecule has 11 aromatic rings. The van der Waals surface area contributed by atoms with Gasteiger partial charge in [0.15, 0.2) is 11.6 Å². The highest BCUT2D eigenvalue weighted by molar-refractivity contribution is 6.15. The summed E-state index contributed by atoms with van der Waals surface area (Å²) in [5, 5.41) is 4.45. The maximum Gasteiger partial charge on any atom is 0.238 e. The van der Waals surface area contributed by atoms with Gasteiger partial charge < -0.3 is 4.42 Å². The fourth-order valence-corrected chi connectivity index (χ4v) is 8.60. The van der Waals surface area contributed by atoms with Crippen LogP contribution in [0, 0.1) is 0 Å². The summed E-state index contributed by atoms with van der Waals surface area (Å²) < 4.78 is 8.62. The van der Waals surface area contributed by atoms with E-state index in [0.29, 0.717) is 17.6 Å². The van der Waals surface area contributed by atoms with Crippen LogP contribution in [0.1, 0.15) is 25.3 Å². The van der Waals surface area contributed by atoms with Gasteiger partial charge in [-0.1, -0.05) is 165 Å². The molecule has 3 heterocycles. The van der Waals surface area contributed by atoms with Crippen molar-refractivity contribution in [1.29, 1.82) is 0 Å². The molecular weight excluding hydrogens is 733 g/mol. The molecule has 0 aliphatic carbocycles. The van der Waals surface area contributed by atoms with E-state index in [2.05, 4.69) is 181 Å². The predicted molar refractivity (Wildman–Crippen MR) is 247 cm³/mol. The molecule has 0 fully saturated rings. The normalized spacial score (nSPS) is 11.6. The molecule has 0 spiro atoms. The van der Waals surface area contributed by atoms with Gasteiger partial charge in [-0.15, -0.1) is 0 Å². The van der Waals surface area contributed by atoms with Crippen molar-refractivity contribution in [3.05, 3.63) is 194 Å². The van der Waals surface area contributed by atoms with Crippen molar-refractivity contribution < 1.29 is 4.42 Å². The third-order valence-corrected chi connectivity index (χ3v) is 11.7. The van der Waals surface area contributed by atoms with E-state index in [-0.39, 0.29) is 0 Å². The van der Waals surface area contributed by atoms with Crippen molar-refractivity contribution in [2.75, 3.05) is 0 Å². The van der Waals surface area contributed by atoms with E-state index < -0.39 is 0 Å². The Hall–Kier alpha value is -7.63. The molecule has 0 aliphatic rings. The number of aromatic nitrogens is 4. The Morgan fingerprint density at radius 1 is 0.433 bits per heavy atom. The molecule has 3 aromatic heterocycles. The molecule has 286 valence electrons. The van der Waals surface area contributed by atoms with E-state index in [1.165, 1.54) is 29.5 Å². The summed E-state index contributed by atoms with van der Waals surface area (Å²) in [6.07, 6.45) is 3.52. The molecule has 0 bridgehead atoms. The minimum atomic E-state index is 0.570. The molecule has 0 atom stereocenters. The Bertz CT molecular complexity index is 3330. The minimum absolute atomic E-state index is 0.570. The zero-order valence-electron chi connectivity index (χ0n) is 33.2. The zero-order chi connectivity index (χ0) is 40.0. The van der Waals surface area contributed by atoms with E-state index in [9.17, 15) is 0 Å². The zero-order valence-corrected chi connectivity index (χ0v) is 33.2. The van der Waals surface area contributed by atoms with Crippen molar-refractivity contribution >= 4 is 43.7 Å².